The summed E-state index contributed by atoms with van der Waals surface area (Å²) >= 11 is 0. The highest BCUT2D eigenvalue weighted by atomic mass is 19.2. The summed E-state index contributed by atoms with van der Waals surface area (Å²) in [4.78, 5) is 11.3. The third-order valence-corrected chi connectivity index (χ3v) is 2.34. The van der Waals surface area contributed by atoms with E-state index in [9.17, 15) is 26.7 Å². The molecule has 1 aromatic carbocycles. The predicted molar refractivity (Wildman–Crippen MR) is 62.6 cm³/mol. The molecule has 0 bridgehead atoms. The molecule has 8 heteroatoms. The average Bonchev–Trinajstić information content (AvgIpc) is 2.40. The van der Waals surface area contributed by atoms with Gasteiger partial charge < -0.3 is 10.6 Å². The van der Waals surface area contributed by atoms with Crippen LogP contribution in [0.2, 0.25) is 0 Å². The van der Waals surface area contributed by atoms with Crippen LogP contribution >= 0.6 is 0 Å². The van der Waals surface area contributed by atoms with Crippen LogP contribution in [0.25, 0.3) is 0 Å². The number of hydrogen-bond donors (Lipinski definition) is 2. The maximum absolute atomic E-state index is 13.3. The van der Waals surface area contributed by atoms with Crippen molar-refractivity contribution < 1.29 is 26.7 Å². The van der Waals surface area contributed by atoms with Gasteiger partial charge in [-0.15, -0.1) is 0 Å². The molecule has 2 N–H and O–H groups in total. The smallest absolute Gasteiger partial charge is 0.239 e. The second-order valence-corrected chi connectivity index (χ2v) is 4.50. The van der Waals surface area contributed by atoms with Gasteiger partial charge in [0.2, 0.25) is 11.7 Å². The van der Waals surface area contributed by atoms with Crippen molar-refractivity contribution in [1.29, 1.82) is 0 Å². The number of carbonyl (C=O) groups excluding carboxylic acids is 1. The SMILES string of the molecule is CC(C)CNC(=O)CNc1c(F)c(F)c(F)c(F)c1F. The van der Waals surface area contributed by atoms with Crippen LogP contribution in [-0.4, -0.2) is 19.0 Å². The van der Waals surface area contributed by atoms with Crippen LogP contribution in [0.1, 0.15) is 13.8 Å². The van der Waals surface area contributed by atoms with Crippen molar-refractivity contribution in [3.63, 3.8) is 0 Å². The largest absolute Gasteiger partial charge is 0.371 e. The van der Waals surface area contributed by atoms with Crippen molar-refractivity contribution >= 4 is 11.6 Å². The van der Waals surface area contributed by atoms with Crippen molar-refractivity contribution in [1.82, 2.24) is 5.32 Å². The summed E-state index contributed by atoms with van der Waals surface area (Å²) < 4.78 is 65.0. The first-order valence-electron chi connectivity index (χ1n) is 5.77. The quantitative estimate of drug-likeness (QED) is 0.498. The van der Waals surface area contributed by atoms with E-state index in [-0.39, 0.29) is 5.92 Å². The average molecular weight is 296 g/mol. The maximum Gasteiger partial charge on any atom is 0.239 e. The van der Waals surface area contributed by atoms with Crippen molar-refractivity contribution in [3.8, 4) is 0 Å². The molecule has 0 aliphatic carbocycles. The van der Waals surface area contributed by atoms with Crippen LogP contribution in [0.5, 0.6) is 0 Å². The molecule has 0 aromatic heterocycles. The summed E-state index contributed by atoms with van der Waals surface area (Å²) in [6.07, 6.45) is 0. The molecule has 1 rings (SSSR count). The first-order chi connectivity index (χ1) is 9.25. The molecule has 0 spiro atoms. The molecule has 1 amide bonds. The Labute approximate surface area is 112 Å². The van der Waals surface area contributed by atoms with E-state index in [4.69, 9.17) is 0 Å². The number of rotatable bonds is 5. The topological polar surface area (TPSA) is 41.1 Å². The van der Waals surface area contributed by atoms with E-state index in [0.29, 0.717) is 6.54 Å². The third kappa shape index (κ3) is 3.58. The predicted octanol–water partition coefficient (Wildman–Crippen LogP) is 2.57. The summed E-state index contributed by atoms with van der Waals surface area (Å²) in [5.74, 6) is -10.8. The molecule has 20 heavy (non-hydrogen) atoms. The summed E-state index contributed by atoms with van der Waals surface area (Å²) in [5, 5.41) is 4.33. The van der Waals surface area contributed by atoms with Crippen molar-refractivity contribution in [2.45, 2.75) is 13.8 Å². The minimum Gasteiger partial charge on any atom is -0.371 e. The van der Waals surface area contributed by atoms with Gasteiger partial charge in [0, 0.05) is 6.54 Å². The summed E-state index contributed by atoms with van der Waals surface area (Å²) in [5.41, 5.74) is -1.22. The maximum atomic E-state index is 13.3. The van der Waals surface area contributed by atoms with E-state index in [1.165, 1.54) is 0 Å². The molecule has 0 fully saturated rings. The van der Waals surface area contributed by atoms with Gasteiger partial charge in [-0.05, 0) is 5.92 Å². The number of hydrogen-bond acceptors (Lipinski definition) is 2. The molecular weight excluding hydrogens is 283 g/mol. The highest BCUT2D eigenvalue weighted by Gasteiger charge is 2.25. The minimum atomic E-state index is -2.24. The first-order valence-corrected chi connectivity index (χ1v) is 5.77. The molecule has 1 aromatic rings. The number of carbonyl (C=O) groups is 1. The van der Waals surface area contributed by atoms with E-state index in [2.05, 4.69) is 5.32 Å². The van der Waals surface area contributed by atoms with E-state index < -0.39 is 47.2 Å². The molecule has 0 aliphatic heterocycles. The lowest BCUT2D eigenvalue weighted by Gasteiger charge is -2.11. The Kier molecular flexibility index (Phi) is 5.29. The fourth-order valence-corrected chi connectivity index (χ4v) is 1.31. The lowest BCUT2D eigenvalue weighted by atomic mass is 10.2. The summed E-state index contributed by atoms with van der Waals surface area (Å²) in [6, 6.07) is 0. The van der Waals surface area contributed by atoms with Gasteiger partial charge in [-0.3, -0.25) is 4.79 Å². The van der Waals surface area contributed by atoms with Crippen LogP contribution in [0.3, 0.4) is 0 Å². The molecular formula is C12H13F5N2O. The van der Waals surface area contributed by atoms with Crippen LogP contribution < -0.4 is 10.6 Å². The minimum absolute atomic E-state index is 0.160. The van der Waals surface area contributed by atoms with Crippen LogP contribution in [0, 0.1) is 35.0 Å². The van der Waals surface area contributed by atoms with Gasteiger partial charge in [-0.25, -0.2) is 22.0 Å². The number of nitrogens with one attached hydrogen (secondary N) is 2. The highest BCUT2D eigenvalue weighted by Crippen LogP contribution is 2.26. The second kappa shape index (κ2) is 6.53. The van der Waals surface area contributed by atoms with Crippen LogP contribution in [0.4, 0.5) is 27.6 Å². The molecule has 0 atom stereocenters. The Hall–Kier alpha value is -1.86. The summed E-state index contributed by atoms with van der Waals surface area (Å²) in [7, 11) is 0. The molecule has 112 valence electrons. The number of halogens is 5. The van der Waals surface area contributed by atoms with E-state index >= 15 is 0 Å². The number of amides is 1. The number of anilines is 1. The van der Waals surface area contributed by atoms with Crippen molar-refractivity contribution in [2.24, 2.45) is 5.92 Å². The van der Waals surface area contributed by atoms with Gasteiger partial charge in [-0.1, -0.05) is 13.8 Å². The molecule has 3 nitrogen and oxygen atoms in total. The standard InChI is InChI=1S/C12H13F5N2O/c1-5(2)3-18-6(20)4-19-12-10(16)8(14)7(13)9(15)11(12)17/h5,19H,3-4H2,1-2H3,(H,18,20). The van der Waals surface area contributed by atoms with Crippen molar-refractivity contribution in [3.05, 3.63) is 29.1 Å². The summed E-state index contributed by atoms with van der Waals surface area (Å²) in [6.45, 7) is 3.39. The molecule has 0 aliphatic rings. The van der Waals surface area contributed by atoms with Gasteiger partial charge in [0.1, 0.15) is 5.69 Å². The van der Waals surface area contributed by atoms with Gasteiger partial charge in [0.15, 0.2) is 23.3 Å². The zero-order chi connectivity index (χ0) is 15.4. The van der Waals surface area contributed by atoms with Gasteiger partial charge in [0.05, 0.1) is 6.54 Å². The van der Waals surface area contributed by atoms with E-state index in [1.807, 2.05) is 19.2 Å². The fraction of sp³-hybridized carbons (Fsp3) is 0.417. The van der Waals surface area contributed by atoms with E-state index in [1.54, 1.807) is 0 Å². The second-order valence-electron chi connectivity index (χ2n) is 4.50. The monoisotopic (exact) mass is 296 g/mol. The molecule has 0 unspecified atom stereocenters. The molecule has 0 saturated carbocycles. The zero-order valence-corrected chi connectivity index (χ0v) is 10.8. The fourth-order valence-electron chi connectivity index (χ4n) is 1.31. The van der Waals surface area contributed by atoms with Gasteiger partial charge in [0.25, 0.3) is 0 Å². The molecule has 0 radical (unpaired) electrons. The molecule has 0 saturated heterocycles. The Balaban J connectivity index is 2.81. The Bertz CT molecular complexity index is 490. The lowest BCUT2D eigenvalue weighted by Crippen LogP contribution is -2.33. The zero-order valence-electron chi connectivity index (χ0n) is 10.8. The molecule has 0 heterocycles. The highest BCUT2D eigenvalue weighted by molar-refractivity contribution is 5.80. The van der Waals surface area contributed by atoms with Crippen LogP contribution in [0.15, 0.2) is 0 Å². The first kappa shape index (κ1) is 16.2. The Morgan fingerprint density at radius 2 is 1.40 bits per heavy atom. The lowest BCUT2D eigenvalue weighted by molar-refractivity contribution is -0.119. The number of benzene rings is 1. The van der Waals surface area contributed by atoms with E-state index in [0.717, 1.165) is 0 Å². The van der Waals surface area contributed by atoms with Crippen molar-refractivity contribution in [2.75, 3.05) is 18.4 Å². The third-order valence-electron chi connectivity index (χ3n) is 2.34. The van der Waals surface area contributed by atoms with Crippen LogP contribution in [-0.2, 0) is 4.79 Å². The van der Waals surface area contributed by atoms with Gasteiger partial charge >= 0.3 is 0 Å². The Morgan fingerprint density at radius 1 is 0.950 bits per heavy atom. The Morgan fingerprint density at radius 3 is 1.85 bits per heavy atom. The normalized spacial score (nSPS) is 10.8. The van der Waals surface area contributed by atoms with Gasteiger partial charge in [-0.2, -0.15) is 0 Å².